The average molecular weight is 1630 g/mol. The van der Waals surface area contributed by atoms with Gasteiger partial charge < -0.3 is 61.3 Å². The summed E-state index contributed by atoms with van der Waals surface area (Å²) in [5.74, 6) is -2.35. The van der Waals surface area contributed by atoms with E-state index in [4.69, 9.17) is 0 Å². The molecule has 0 saturated heterocycles. The molecule has 117 heavy (non-hydrogen) atoms. The van der Waals surface area contributed by atoms with E-state index in [1.807, 2.05) is 36.5 Å². The Morgan fingerprint density at radius 2 is 0.393 bits per heavy atom. The molecule has 0 aromatic rings. The fraction of sp³-hybridized carbons (Fsp3) is 0.676. The van der Waals surface area contributed by atoms with E-state index >= 15 is 0 Å². The summed E-state index contributed by atoms with van der Waals surface area (Å²) in [6, 6.07) is 0. The maximum absolute atomic E-state index is 11.4. The first kappa shape index (κ1) is 103. The van der Waals surface area contributed by atoms with Gasteiger partial charge in [0.05, 0.1) is 52.9 Å². The summed E-state index contributed by atoms with van der Waals surface area (Å²) < 4.78 is 0. The van der Waals surface area contributed by atoms with Gasteiger partial charge in [-0.3, -0.25) is 14.4 Å². The molecule has 6 rings (SSSR count). The van der Waals surface area contributed by atoms with Gasteiger partial charge in [0.1, 0.15) is 0 Å². The number of aliphatic hydroxyl groups is 9. The number of aliphatic carboxylic acids is 3. The molecule has 0 spiro atoms. The van der Waals surface area contributed by atoms with Crippen LogP contribution in [0.4, 0.5) is 0 Å². The van der Waals surface area contributed by atoms with Crippen molar-refractivity contribution in [3.05, 3.63) is 176 Å². The third-order valence-corrected chi connectivity index (χ3v) is 24.3. The fourth-order valence-electron chi connectivity index (χ4n) is 16.6. The van der Waals surface area contributed by atoms with Crippen molar-refractivity contribution in [2.24, 2.45) is 65.0 Å². The van der Waals surface area contributed by atoms with E-state index in [1.54, 1.807) is 41.5 Å². The number of carboxylic acid groups (broad SMARTS) is 3. The van der Waals surface area contributed by atoms with Gasteiger partial charge in [0, 0.05) is 52.3 Å². The van der Waals surface area contributed by atoms with Crippen molar-refractivity contribution in [2.75, 3.05) is 19.8 Å². The van der Waals surface area contributed by atoms with Crippen LogP contribution in [0, 0.1) is 65.0 Å². The second-order valence-electron chi connectivity index (χ2n) is 43.3. The normalized spacial score (nSPS) is 23.3. The first-order valence-corrected chi connectivity index (χ1v) is 44.0. The number of rotatable bonds is 42. The van der Waals surface area contributed by atoms with Crippen LogP contribution in [0.15, 0.2) is 176 Å². The molecule has 660 valence electrons. The highest BCUT2D eigenvalue weighted by Gasteiger charge is 2.36. The molecular weight excluding hydrogens is 1470 g/mol. The number of carbonyl (C=O) groups is 3. The molecule has 12 N–H and O–H groups in total. The minimum atomic E-state index is -0.788. The third kappa shape index (κ3) is 34.9. The van der Waals surface area contributed by atoms with Gasteiger partial charge in [-0.1, -0.05) is 273 Å². The third-order valence-electron chi connectivity index (χ3n) is 24.3. The summed E-state index contributed by atoms with van der Waals surface area (Å²) in [7, 11) is 0. The minimum absolute atomic E-state index is 0.0573. The lowest BCUT2D eigenvalue weighted by molar-refractivity contribution is -0.148. The SMILES string of the molecule is CC1(C)C=C(/C=C\C2=CC(C)(C)C=C(CCCCC(C)(C)C(=O)O)C2O)C(O)C(CCCCC(C)(C)C(=O)O)=C1.CC1(C)C=C(/C=C\C2=CC(C)(C)C=C(CCCCC(C)(C)C(=O)O)C2O)C(O)C(CCCCC(C)(C)CO)=C1.CC1(C)C=C(/C=C\C2=CC(C)(C)C=C(CCCCC(C)(C)CO)C2O)C(O)C(CCCCC(C)(C)CO)=C1. The molecule has 6 aliphatic carbocycles. The van der Waals surface area contributed by atoms with Gasteiger partial charge in [0.15, 0.2) is 0 Å². The van der Waals surface area contributed by atoms with E-state index in [0.29, 0.717) is 32.1 Å². The number of hydrogen-bond acceptors (Lipinski definition) is 12. The number of hydrogen-bond donors (Lipinski definition) is 12. The number of aliphatic hydroxyl groups excluding tert-OH is 9. The molecule has 0 aliphatic heterocycles. The lowest BCUT2D eigenvalue weighted by Crippen LogP contribution is -2.25. The van der Waals surface area contributed by atoms with Crippen LogP contribution in [0.3, 0.4) is 0 Å². The summed E-state index contributed by atoms with van der Waals surface area (Å²) in [5, 5.41) is 124. The second-order valence-corrected chi connectivity index (χ2v) is 43.3. The van der Waals surface area contributed by atoms with E-state index in [2.05, 4.69) is 198 Å². The number of allylic oxidation sites excluding steroid dienone is 12. The smallest absolute Gasteiger partial charge is 0.309 e. The van der Waals surface area contributed by atoms with E-state index < -0.39 is 70.8 Å². The standard InChI is InChI=1S/C34H52O6.C34H54O5.C34H56O4/c1-31(2)19-23(13-9-11-17-33(5,6)29(37)38)27(35)25(21-31)15-16-26-22-32(3,4)20-24(28(26)36)14-10-12-18-34(7,8)30(39)40;1-31(2,23-35)17-11-9-13-24-19-32(3,4)21-26(28(24)36)15-16-27-22-33(5,6)20-25(29(27)37)14-10-12-18-34(7,8)30(38)39;1-31(2,23-35)17-11-9-13-25-19-33(5,6)21-27(29(25)37)15-16-28-22-34(7,8)20-26(30(28)38)14-10-12-18-32(3,4)24-36/h15-16,19-22,27-28,35-36H,9-14,17-18H2,1-8H3,(H,37,38)(H,39,40);15-16,19-22,28-29,35-37H,9-14,17-18,23H2,1-8H3,(H,38,39);15-16,19-22,29-30,35-38H,9-14,17-18,23-24H2,1-8H3/b3*16-15-. The first-order valence-electron chi connectivity index (χ1n) is 44.0. The highest BCUT2D eigenvalue weighted by atomic mass is 16.4. The van der Waals surface area contributed by atoms with Crippen molar-refractivity contribution in [2.45, 2.75) is 357 Å². The highest BCUT2D eigenvalue weighted by molar-refractivity contribution is 5.74. The lowest BCUT2D eigenvalue weighted by Gasteiger charge is -2.31. The molecule has 6 unspecified atom stereocenters. The average Bonchev–Trinajstić information content (AvgIpc) is 0.788. The zero-order valence-electron chi connectivity index (χ0n) is 77.0. The van der Waals surface area contributed by atoms with Gasteiger partial charge in [-0.15, -0.1) is 0 Å². The number of carboxylic acids is 3. The molecule has 15 nitrogen and oxygen atoms in total. The predicted octanol–water partition coefficient (Wildman–Crippen LogP) is 21.9. The quantitative estimate of drug-likeness (QED) is 0.0200. The monoisotopic (exact) mass is 1630 g/mol. The molecule has 0 saturated carbocycles. The molecule has 15 heteroatoms. The van der Waals surface area contributed by atoms with Crippen LogP contribution in [-0.4, -0.2) is 136 Å². The molecule has 0 bridgehead atoms. The number of unbranched alkanes of at least 4 members (excludes halogenated alkanes) is 6. The fourth-order valence-corrected chi connectivity index (χ4v) is 16.6. The largest absolute Gasteiger partial charge is 0.481 e. The molecule has 0 aromatic carbocycles. The van der Waals surface area contributed by atoms with Gasteiger partial charge >= 0.3 is 17.9 Å². The maximum Gasteiger partial charge on any atom is 0.309 e. The van der Waals surface area contributed by atoms with Crippen molar-refractivity contribution in [3.8, 4) is 0 Å². The topological polar surface area (TPSA) is 294 Å². The van der Waals surface area contributed by atoms with Crippen molar-refractivity contribution in [1.29, 1.82) is 0 Å². The van der Waals surface area contributed by atoms with Crippen molar-refractivity contribution in [3.63, 3.8) is 0 Å². The lowest BCUT2D eigenvalue weighted by atomic mass is 9.77. The molecule has 0 radical (unpaired) electrons. The Bertz CT molecular complexity index is 3670. The van der Waals surface area contributed by atoms with Gasteiger partial charge in [-0.05, 0) is 240 Å². The Kier molecular flexibility index (Phi) is 38.3. The Labute approximate surface area is 707 Å². The van der Waals surface area contributed by atoms with Gasteiger partial charge in [-0.2, -0.15) is 0 Å². The van der Waals surface area contributed by atoms with E-state index in [0.717, 1.165) is 189 Å². The highest BCUT2D eigenvalue weighted by Crippen LogP contribution is 2.44. The van der Waals surface area contributed by atoms with Crippen LogP contribution < -0.4 is 0 Å². The molecule has 0 fully saturated rings. The summed E-state index contributed by atoms with van der Waals surface area (Å²) in [6.07, 6.45) is 53.2. The summed E-state index contributed by atoms with van der Waals surface area (Å²) in [6.45, 7) is 49.2. The van der Waals surface area contributed by atoms with Crippen LogP contribution in [0.5, 0.6) is 0 Å². The Morgan fingerprint density at radius 3 is 0.521 bits per heavy atom. The molecule has 6 aliphatic rings. The maximum atomic E-state index is 11.4. The van der Waals surface area contributed by atoms with Crippen molar-refractivity contribution in [1.82, 2.24) is 0 Å². The van der Waals surface area contributed by atoms with E-state index in [-0.39, 0.29) is 68.6 Å². The van der Waals surface area contributed by atoms with Crippen molar-refractivity contribution >= 4 is 17.9 Å². The molecule has 6 atom stereocenters. The van der Waals surface area contributed by atoms with E-state index in [9.17, 15) is 75.7 Å². The van der Waals surface area contributed by atoms with Gasteiger partial charge in [0.25, 0.3) is 0 Å². The van der Waals surface area contributed by atoms with Crippen LogP contribution in [0.25, 0.3) is 0 Å². The van der Waals surface area contributed by atoms with E-state index in [1.165, 1.54) is 0 Å². The Hall–Kier alpha value is -5.85. The van der Waals surface area contributed by atoms with Crippen LogP contribution in [0.2, 0.25) is 0 Å². The Morgan fingerprint density at radius 1 is 0.256 bits per heavy atom. The second kappa shape index (κ2) is 43.3. The van der Waals surface area contributed by atoms with Crippen molar-refractivity contribution < 1.29 is 75.7 Å². The zero-order valence-corrected chi connectivity index (χ0v) is 77.0. The summed E-state index contributed by atoms with van der Waals surface area (Å²) in [4.78, 5) is 34.2. The Balaban J connectivity index is 0.000000369. The molecular formula is C102H162O15. The zero-order chi connectivity index (χ0) is 88.9. The first-order chi connectivity index (χ1) is 53.6. The minimum Gasteiger partial charge on any atom is -0.481 e. The van der Waals surface area contributed by atoms with Gasteiger partial charge in [0.2, 0.25) is 0 Å². The molecule has 0 amide bonds. The molecule has 0 heterocycles. The predicted molar refractivity (Wildman–Crippen MR) is 481 cm³/mol. The summed E-state index contributed by atoms with van der Waals surface area (Å²) in [5.41, 5.74) is 7.49. The summed E-state index contributed by atoms with van der Waals surface area (Å²) >= 11 is 0. The van der Waals surface area contributed by atoms with Gasteiger partial charge in [-0.25, -0.2) is 0 Å². The molecule has 0 aromatic heterocycles. The van der Waals surface area contributed by atoms with Crippen LogP contribution in [-0.2, 0) is 14.4 Å². The van der Waals surface area contributed by atoms with Crippen LogP contribution in [0.1, 0.15) is 320 Å². The van der Waals surface area contributed by atoms with Crippen LogP contribution >= 0.6 is 0 Å².